The van der Waals surface area contributed by atoms with E-state index in [2.05, 4.69) is 15.0 Å². The van der Waals surface area contributed by atoms with E-state index in [1.807, 2.05) is 47.2 Å². The molecule has 2 atom stereocenters. The summed E-state index contributed by atoms with van der Waals surface area (Å²) in [4.78, 5) is 29.0. The van der Waals surface area contributed by atoms with Crippen LogP contribution in [0.15, 0.2) is 79.8 Å². The molecule has 0 unspecified atom stereocenters. The molecule has 0 amide bonds. The van der Waals surface area contributed by atoms with Gasteiger partial charge in [0.15, 0.2) is 0 Å². The number of aromatic nitrogens is 4. The summed E-state index contributed by atoms with van der Waals surface area (Å²) >= 11 is 12.6. The predicted molar refractivity (Wildman–Crippen MR) is 142 cm³/mol. The lowest BCUT2D eigenvalue weighted by Crippen LogP contribution is -2.34. The predicted octanol–water partition coefficient (Wildman–Crippen LogP) is 4.30. The molecule has 3 heterocycles. The Morgan fingerprint density at radius 2 is 1.76 bits per heavy atom. The molecule has 4 aromatic rings. The van der Waals surface area contributed by atoms with Crippen LogP contribution in [0.1, 0.15) is 5.56 Å². The van der Waals surface area contributed by atoms with E-state index in [1.165, 1.54) is 6.33 Å². The highest BCUT2D eigenvalue weighted by Crippen LogP contribution is 2.40. The van der Waals surface area contributed by atoms with Gasteiger partial charge in [-0.1, -0.05) is 29.3 Å². The molecule has 0 bridgehead atoms. The van der Waals surface area contributed by atoms with Crippen molar-refractivity contribution in [2.24, 2.45) is 0 Å². The molecule has 1 saturated heterocycles. The Labute approximate surface area is 241 Å². The van der Waals surface area contributed by atoms with Crippen LogP contribution in [-0.2, 0) is 21.8 Å². The van der Waals surface area contributed by atoms with Gasteiger partial charge in [0, 0.05) is 34.7 Å². The number of ether oxygens (including phenoxy) is 3. The van der Waals surface area contributed by atoms with E-state index in [9.17, 15) is 0 Å². The Bertz CT molecular complexity index is 1400. The highest BCUT2D eigenvalue weighted by Gasteiger charge is 2.45. The van der Waals surface area contributed by atoms with Gasteiger partial charge in [0.25, 0.3) is 10.2 Å². The van der Waals surface area contributed by atoms with Gasteiger partial charge >= 0.3 is 0 Å². The van der Waals surface area contributed by atoms with E-state index < -0.39 is 16.0 Å². The average molecular weight is 609 g/mol. The number of hydrogen-bond donors (Lipinski definition) is 2. The van der Waals surface area contributed by atoms with Gasteiger partial charge in [-0.05, 0) is 42.5 Å². The van der Waals surface area contributed by atoms with Gasteiger partial charge in [-0.2, -0.15) is 0 Å². The minimum atomic E-state index is -1.50. The molecule has 0 saturated carbocycles. The fraction of sp³-hybridized carbons (Fsp3) is 0.208. The number of nitrogens with zero attached hydrogens (tertiary/aromatic N) is 6. The fourth-order valence-electron chi connectivity index (χ4n) is 3.75. The Morgan fingerprint density at radius 1 is 1.05 bits per heavy atom. The van der Waals surface area contributed by atoms with Crippen LogP contribution in [0.5, 0.6) is 5.75 Å². The zero-order valence-electron chi connectivity index (χ0n) is 20.9. The second kappa shape index (κ2) is 14.7. The van der Waals surface area contributed by atoms with Crippen LogP contribution in [0.3, 0.4) is 0 Å². The monoisotopic (exact) mass is 608 g/mol. The van der Waals surface area contributed by atoms with Crippen molar-refractivity contribution >= 4 is 23.2 Å². The molecule has 1 aliphatic heterocycles. The smallest absolute Gasteiger partial charge is 0.291 e. The first-order chi connectivity index (χ1) is 19.6. The second-order valence-corrected chi connectivity index (χ2v) is 8.91. The van der Waals surface area contributed by atoms with Crippen molar-refractivity contribution in [3.63, 3.8) is 0 Å². The minimum Gasteiger partial charge on any atom is -0.491 e. The first kappa shape index (κ1) is 31.0. The molecule has 0 spiro atoms. The minimum absolute atomic E-state index is 0.290. The van der Waals surface area contributed by atoms with Gasteiger partial charge in [-0.15, -0.1) is 20.2 Å². The molecule has 5 rings (SSSR count). The lowest BCUT2D eigenvalue weighted by atomic mass is 10.1. The topological polar surface area (TPSA) is 198 Å². The van der Waals surface area contributed by atoms with Crippen molar-refractivity contribution in [2.45, 2.75) is 18.4 Å². The van der Waals surface area contributed by atoms with Crippen molar-refractivity contribution < 1.29 is 34.8 Å². The van der Waals surface area contributed by atoms with Gasteiger partial charge in [-0.25, -0.2) is 15.0 Å². The van der Waals surface area contributed by atoms with Crippen LogP contribution in [0.4, 0.5) is 0 Å². The number of rotatable bonds is 7. The van der Waals surface area contributed by atoms with Crippen LogP contribution in [0.2, 0.25) is 10.0 Å². The maximum atomic E-state index is 8.36. The molecule has 17 heteroatoms. The summed E-state index contributed by atoms with van der Waals surface area (Å²) in [5.74, 6) is -0.346. The van der Waals surface area contributed by atoms with Gasteiger partial charge < -0.3 is 29.2 Å². The first-order valence-corrected chi connectivity index (χ1v) is 12.2. The third kappa shape index (κ3) is 9.54. The molecular weight excluding hydrogens is 587 g/mol. The second-order valence-electron chi connectivity index (χ2n) is 8.07. The van der Waals surface area contributed by atoms with Crippen molar-refractivity contribution in [1.29, 1.82) is 0 Å². The quantitative estimate of drug-likeness (QED) is 0.223. The Morgan fingerprint density at radius 3 is 2.34 bits per heavy atom. The first-order valence-electron chi connectivity index (χ1n) is 11.5. The number of halogens is 2. The summed E-state index contributed by atoms with van der Waals surface area (Å²) in [6, 6.07) is 14.9. The molecule has 1 fully saturated rings. The van der Waals surface area contributed by atoms with Crippen LogP contribution in [0, 0.1) is 20.2 Å². The number of benzene rings is 2. The third-order valence-corrected chi connectivity index (χ3v) is 5.87. The van der Waals surface area contributed by atoms with Gasteiger partial charge in [-0.3, -0.25) is 0 Å². The SMILES string of the molecule is Clc1ccc([C@]2(Cn3ccnc3)OC[C@@H](COc3ccc(-c4ccncn4)cc3)O2)c(Cl)c1.O=[N+]([O-])O.O=[N+]([O-])O. The zero-order chi connectivity index (χ0) is 29.8. The van der Waals surface area contributed by atoms with Gasteiger partial charge in [0.2, 0.25) is 5.79 Å². The number of imidazole rings is 1. The van der Waals surface area contributed by atoms with E-state index in [0.717, 1.165) is 17.0 Å². The Kier molecular flexibility index (Phi) is 11.1. The highest BCUT2D eigenvalue weighted by atomic mass is 35.5. The van der Waals surface area contributed by atoms with E-state index in [4.69, 9.17) is 68.1 Å². The molecule has 1 aliphatic rings. The molecule has 216 valence electrons. The van der Waals surface area contributed by atoms with Crippen LogP contribution >= 0.6 is 23.2 Å². The fourth-order valence-corrected chi connectivity index (χ4v) is 4.30. The lowest BCUT2D eigenvalue weighted by Gasteiger charge is -2.30. The van der Waals surface area contributed by atoms with Gasteiger partial charge in [0.1, 0.15) is 24.8 Å². The highest BCUT2D eigenvalue weighted by molar-refractivity contribution is 6.35. The third-order valence-electron chi connectivity index (χ3n) is 5.32. The van der Waals surface area contributed by atoms with Crippen molar-refractivity contribution in [3.8, 4) is 17.0 Å². The summed E-state index contributed by atoms with van der Waals surface area (Å²) < 4.78 is 20.5. The summed E-state index contributed by atoms with van der Waals surface area (Å²) in [5.41, 5.74) is 2.55. The van der Waals surface area contributed by atoms with E-state index >= 15 is 0 Å². The summed E-state index contributed by atoms with van der Waals surface area (Å²) in [7, 11) is 0. The Balaban J connectivity index is 0.000000515. The molecule has 41 heavy (non-hydrogen) atoms. The standard InChI is InChI=1S/C24H20Cl2N4O3.2HNO3/c25-18-3-6-21(22(26)11-18)24(14-30-10-9-28-16-30)32-13-20(33-24)12-31-19-4-1-17(2-5-19)23-7-8-27-15-29-23;2*2-1(3)4/h1-11,15-16,20H,12-14H2;2*(H,2,3,4)/t20-,24-;;/m1../s1. The summed E-state index contributed by atoms with van der Waals surface area (Å²) in [5, 5.41) is 28.3. The van der Waals surface area contributed by atoms with E-state index in [1.54, 1.807) is 30.9 Å². The normalized spacial score (nSPS) is 17.4. The van der Waals surface area contributed by atoms with Gasteiger partial charge in [0.05, 0.1) is 30.2 Å². The lowest BCUT2D eigenvalue weighted by molar-refractivity contribution is -0.742. The maximum Gasteiger partial charge on any atom is 0.291 e. The molecule has 2 aromatic heterocycles. The Hall–Kier alpha value is -4.57. The molecular formula is C24H22Cl2N6O9. The van der Waals surface area contributed by atoms with Crippen LogP contribution in [0.25, 0.3) is 11.3 Å². The van der Waals surface area contributed by atoms with Crippen molar-refractivity contribution in [3.05, 3.63) is 116 Å². The molecule has 2 aromatic carbocycles. The molecule has 0 aliphatic carbocycles. The maximum absolute atomic E-state index is 8.36. The van der Waals surface area contributed by atoms with Crippen molar-refractivity contribution in [1.82, 2.24) is 19.5 Å². The van der Waals surface area contributed by atoms with E-state index in [0.29, 0.717) is 35.4 Å². The van der Waals surface area contributed by atoms with E-state index in [-0.39, 0.29) is 6.10 Å². The summed E-state index contributed by atoms with van der Waals surface area (Å²) in [6.45, 7) is 1.06. The van der Waals surface area contributed by atoms with Crippen LogP contribution < -0.4 is 4.74 Å². The zero-order valence-corrected chi connectivity index (χ0v) is 22.4. The number of hydrogen-bond acceptors (Lipinski definition) is 10. The van der Waals surface area contributed by atoms with Crippen molar-refractivity contribution in [2.75, 3.05) is 13.2 Å². The largest absolute Gasteiger partial charge is 0.491 e. The molecule has 2 N–H and O–H groups in total. The molecule has 0 radical (unpaired) electrons. The summed E-state index contributed by atoms with van der Waals surface area (Å²) in [6.07, 6.45) is 8.22. The van der Waals surface area contributed by atoms with Crippen LogP contribution in [-0.4, -0.2) is 59.4 Å². The molecule has 15 nitrogen and oxygen atoms in total. The average Bonchev–Trinajstić information content (AvgIpc) is 3.58.